The molecule has 0 unspecified atom stereocenters. The average molecular weight is 339 g/mol. The van der Waals surface area contributed by atoms with Crippen molar-refractivity contribution in [2.75, 3.05) is 7.11 Å². The zero-order chi connectivity index (χ0) is 17.6. The van der Waals surface area contributed by atoms with Gasteiger partial charge in [0.05, 0.1) is 43.1 Å². The highest BCUT2D eigenvalue weighted by Crippen LogP contribution is 2.19. The Balaban J connectivity index is 1.84. The number of carbonyl (C=O) groups excluding carboxylic acids is 1. The van der Waals surface area contributed by atoms with Crippen LogP contribution in [0.15, 0.2) is 53.3 Å². The summed E-state index contributed by atoms with van der Waals surface area (Å²) in [4.78, 5) is 12.6. The van der Waals surface area contributed by atoms with Crippen LogP contribution in [0.4, 0.5) is 0 Å². The maximum Gasteiger partial charge on any atom is 0.255 e. The molecular weight excluding hydrogens is 318 g/mol. The topological polar surface area (TPSA) is 69.3 Å². The van der Waals surface area contributed by atoms with Gasteiger partial charge in [0, 0.05) is 0 Å². The predicted molar refractivity (Wildman–Crippen MR) is 94.0 cm³/mol. The Bertz CT molecular complexity index is 820. The van der Waals surface area contributed by atoms with Gasteiger partial charge in [-0.1, -0.05) is 13.3 Å². The summed E-state index contributed by atoms with van der Waals surface area (Å²) < 4.78 is 12.2. The van der Waals surface area contributed by atoms with Gasteiger partial charge >= 0.3 is 0 Å². The quantitative estimate of drug-likeness (QED) is 0.717. The van der Waals surface area contributed by atoms with Gasteiger partial charge < -0.3 is 14.5 Å². The number of hydrogen-bond donors (Lipinski definition) is 1. The van der Waals surface area contributed by atoms with Gasteiger partial charge in [0.15, 0.2) is 0 Å². The summed E-state index contributed by atoms with van der Waals surface area (Å²) in [5.41, 5.74) is 2.38. The molecule has 1 N–H and O–H groups in total. The third kappa shape index (κ3) is 3.74. The number of nitrogens with one attached hydrogen (secondary N) is 1. The number of hydrogen-bond acceptors (Lipinski definition) is 4. The zero-order valence-corrected chi connectivity index (χ0v) is 14.4. The van der Waals surface area contributed by atoms with E-state index in [2.05, 4.69) is 17.3 Å². The van der Waals surface area contributed by atoms with Gasteiger partial charge in [0.2, 0.25) is 0 Å². The molecule has 1 amide bonds. The molecule has 2 aromatic heterocycles. The van der Waals surface area contributed by atoms with Gasteiger partial charge in [-0.3, -0.25) is 4.79 Å². The number of carbonyl (C=O) groups is 1. The van der Waals surface area contributed by atoms with Gasteiger partial charge in [-0.2, -0.15) is 5.10 Å². The van der Waals surface area contributed by atoms with Crippen LogP contribution in [0.5, 0.6) is 5.75 Å². The lowest BCUT2D eigenvalue weighted by Gasteiger charge is -2.10. The summed E-state index contributed by atoms with van der Waals surface area (Å²) in [6.45, 7) is 2.43. The third-order valence-electron chi connectivity index (χ3n) is 3.92. The maximum absolute atomic E-state index is 12.6. The van der Waals surface area contributed by atoms with Crippen LogP contribution in [0.25, 0.3) is 5.69 Å². The van der Waals surface area contributed by atoms with E-state index in [9.17, 15) is 4.79 Å². The molecule has 1 aromatic carbocycles. The fraction of sp³-hybridized carbons (Fsp3) is 0.263. The van der Waals surface area contributed by atoms with Crippen molar-refractivity contribution in [1.29, 1.82) is 0 Å². The molecule has 0 fully saturated rings. The standard InChI is InChI=1S/C19H21N3O3/c1-3-5-18-17(19(23)20-12-16-6-4-11-25-16)13-21-22(18)14-7-9-15(24-2)10-8-14/h4,6-11,13H,3,5,12H2,1-2H3,(H,20,23). The van der Waals surface area contributed by atoms with Gasteiger partial charge in [0.1, 0.15) is 11.5 Å². The van der Waals surface area contributed by atoms with Crippen LogP contribution in [0, 0.1) is 0 Å². The van der Waals surface area contributed by atoms with Crippen LogP contribution in [0.1, 0.15) is 35.2 Å². The summed E-state index contributed by atoms with van der Waals surface area (Å²) in [5.74, 6) is 1.34. The van der Waals surface area contributed by atoms with Crippen molar-refractivity contribution < 1.29 is 13.9 Å². The van der Waals surface area contributed by atoms with Crippen molar-refractivity contribution in [3.05, 3.63) is 65.9 Å². The van der Waals surface area contributed by atoms with Crippen LogP contribution < -0.4 is 10.1 Å². The lowest BCUT2D eigenvalue weighted by molar-refractivity contribution is 0.0947. The lowest BCUT2D eigenvalue weighted by atomic mass is 10.1. The molecule has 2 heterocycles. The molecule has 0 saturated heterocycles. The number of ether oxygens (including phenoxy) is 1. The number of furan rings is 1. The van der Waals surface area contributed by atoms with E-state index < -0.39 is 0 Å². The molecule has 0 aliphatic heterocycles. The minimum atomic E-state index is -0.153. The molecule has 25 heavy (non-hydrogen) atoms. The first-order valence-corrected chi connectivity index (χ1v) is 8.24. The van der Waals surface area contributed by atoms with Crippen LogP contribution in [-0.2, 0) is 13.0 Å². The molecule has 3 aromatic rings. The Morgan fingerprint density at radius 3 is 2.72 bits per heavy atom. The number of methoxy groups -OCH3 is 1. The van der Waals surface area contributed by atoms with E-state index in [1.165, 1.54) is 0 Å². The SMILES string of the molecule is CCCc1c(C(=O)NCc2ccco2)cnn1-c1ccc(OC)cc1. The van der Waals surface area contributed by atoms with Crippen molar-refractivity contribution in [2.24, 2.45) is 0 Å². The first-order valence-electron chi connectivity index (χ1n) is 8.24. The second-order valence-electron chi connectivity index (χ2n) is 5.63. The fourth-order valence-electron chi connectivity index (χ4n) is 2.66. The minimum Gasteiger partial charge on any atom is -0.497 e. The number of rotatable bonds is 7. The average Bonchev–Trinajstić information content (AvgIpc) is 3.30. The predicted octanol–water partition coefficient (Wildman–Crippen LogP) is 3.36. The Morgan fingerprint density at radius 1 is 1.28 bits per heavy atom. The van der Waals surface area contributed by atoms with Gasteiger partial charge in [-0.05, 0) is 42.8 Å². The van der Waals surface area contributed by atoms with Gasteiger partial charge in [-0.15, -0.1) is 0 Å². The number of benzene rings is 1. The molecule has 0 aliphatic carbocycles. The Morgan fingerprint density at radius 2 is 2.08 bits per heavy atom. The van der Waals surface area contributed by atoms with E-state index in [1.807, 2.05) is 35.0 Å². The van der Waals surface area contributed by atoms with E-state index >= 15 is 0 Å². The normalized spacial score (nSPS) is 10.6. The Kier molecular flexibility index (Phi) is 5.18. The lowest BCUT2D eigenvalue weighted by Crippen LogP contribution is -2.23. The van der Waals surface area contributed by atoms with Crippen molar-refractivity contribution >= 4 is 5.91 Å². The fourth-order valence-corrected chi connectivity index (χ4v) is 2.66. The number of nitrogens with zero attached hydrogens (tertiary/aromatic N) is 2. The van der Waals surface area contributed by atoms with Crippen molar-refractivity contribution in [3.8, 4) is 11.4 Å². The smallest absolute Gasteiger partial charge is 0.255 e. The first kappa shape index (κ1) is 16.8. The maximum atomic E-state index is 12.6. The third-order valence-corrected chi connectivity index (χ3v) is 3.92. The second-order valence-corrected chi connectivity index (χ2v) is 5.63. The van der Waals surface area contributed by atoms with E-state index in [1.54, 1.807) is 25.6 Å². The van der Waals surface area contributed by atoms with E-state index in [-0.39, 0.29) is 5.91 Å². The highest BCUT2D eigenvalue weighted by Gasteiger charge is 2.18. The molecule has 0 aliphatic rings. The Hall–Kier alpha value is -3.02. The van der Waals surface area contributed by atoms with Gasteiger partial charge in [0.25, 0.3) is 5.91 Å². The van der Waals surface area contributed by atoms with E-state index in [0.717, 1.165) is 30.0 Å². The molecule has 0 radical (unpaired) electrons. The summed E-state index contributed by atoms with van der Waals surface area (Å²) in [7, 11) is 1.63. The molecule has 0 atom stereocenters. The molecule has 0 bridgehead atoms. The number of amides is 1. The highest BCUT2D eigenvalue weighted by molar-refractivity contribution is 5.95. The molecule has 6 nitrogen and oxygen atoms in total. The van der Waals surface area contributed by atoms with Crippen LogP contribution >= 0.6 is 0 Å². The van der Waals surface area contributed by atoms with E-state index in [4.69, 9.17) is 9.15 Å². The summed E-state index contributed by atoms with van der Waals surface area (Å²) >= 11 is 0. The zero-order valence-electron chi connectivity index (χ0n) is 14.4. The van der Waals surface area contributed by atoms with Crippen LogP contribution in [-0.4, -0.2) is 22.8 Å². The molecule has 3 rings (SSSR count). The van der Waals surface area contributed by atoms with Gasteiger partial charge in [-0.25, -0.2) is 4.68 Å². The monoisotopic (exact) mass is 339 g/mol. The molecule has 130 valence electrons. The summed E-state index contributed by atoms with van der Waals surface area (Å²) in [6, 6.07) is 11.2. The summed E-state index contributed by atoms with van der Waals surface area (Å²) in [6.07, 6.45) is 4.88. The highest BCUT2D eigenvalue weighted by atomic mass is 16.5. The number of aromatic nitrogens is 2. The van der Waals surface area contributed by atoms with Crippen molar-refractivity contribution in [3.63, 3.8) is 0 Å². The molecular formula is C19H21N3O3. The summed E-state index contributed by atoms with van der Waals surface area (Å²) in [5, 5.41) is 7.30. The largest absolute Gasteiger partial charge is 0.497 e. The first-order chi connectivity index (χ1) is 12.2. The molecule has 6 heteroatoms. The molecule has 0 spiro atoms. The minimum absolute atomic E-state index is 0.153. The van der Waals surface area contributed by atoms with Crippen molar-refractivity contribution in [2.45, 2.75) is 26.3 Å². The molecule has 0 saturated carbocycles. The Labute approximate surface area is 146 Å². The van der Waals surface area contributed by atoms with Crippen LogP contribution in [0.2, 0.25) is 0 Å². The van der Waals surface area contributed by atoms with Crippen LogP contribution in [0.3, 0.4) is 0 Å². The second kappa shape index (κ2) is 7.70. The van der Waals surface area contributed by atoms with E-state index in [0.29, 0.717) is 17.9 Å². The van der Waals surface area contributed by atoms with Crippen molar-refractivity contribution in [1.82, 2.24) is 15.1 Å².